The lowest BCUT2D eigenvalue weighted by molar-refractivity contribution is -0.415. The number of hydrogen-bond acceptors (Lipinski definition) is 6. The van der Waals surface area contributed by atoms with Crippen LogP contribution in [0.25, 0.3) is 0 Å². The molecule has 0 aromatic carbocycles. The highest BCUT2D eigenvalue weighted by Gasteiger charge is 2.29. The molecule has 1 rings (SSSR count). The molecular formula is C10H15N3O4. The van der Waals surface area contributed by atoms with Gasteiger partial charge in [0.1, 0.15) is 12.3 Å². The summed E-state index contributed by atoms with van der Waals surface area (Å²) < 4.78 is 5.16. The first-order chi connectivity index (χ1) is 8.10. The number of nitro groups is 1. The van der Waals surface area contributed by atoms with Gasteiger partial charge in [0, 0.05) is 19.4 Å². The van der Waals surface area contributed by atoms with Gasteiger partial charge in [0.15, 0.2) is 5.78 Å². The lowest BCUT2D eigenvalue weighted by atomic mass is 9.96. The molecule has 0 spiro atoms. The Balaban J connectivity index is 2.87. The maximum Gasteiger partial charge on any atom is 0.305 e. The Morgan fingerprint density at radius 3 is 2.94 bits per heavy atom. The fraction of sp³-hybridized carbons (Fsp3) is 0.600. The Labute approximate surface area is 98.5 Å². The number of hydrogen-bond donors (Lipinski definition) is 1. The number of carbonyl (C=O) groups is 1. The zero-order valence-electron chi connectivity index (χ0n) is 9.59. The highest BCUT2D eigenvalue weighted by molar-refractivity contribution is 6.00. The molecular weight excluding hydrogens is 226 g/mol. The molecule has 17 heavy (non-hydrogen) atoms. The van der Waals surface area contributed by atoms with Gasteiger partial charge in [-0.25, -0.2) is 0 Å². The standard InChI is InChI=1S/C10H15N3O4/c1-12-10(9(4-11)13(15)16)7-2-3-8(14)6-17-5-7/h4,7H,2-3,5-6,11H2,1H3. The van der Waals surface area contributed by atoms with Crippen LogP contribution in [0.5, 0.6) is 0 Å². The van der Waals surface area contributed by atoms with Gasteiger partial charge in [0.25, 0.3) is 0 Å². The number of carbonyl (C=O) groups excluding carboxylic acids is 1. The summed E-state index contributed by atoms with van der Waals surface area (Å²) in [6.45, 7) is 0.317. The molecule has 94 valence electrons. The van der Waals surface area contributed by atoms with Gasteiger partial charge >= 0.3 is 5.70 Å². The van der Waals surface area contributed by atoms with E-state index in [2.05, 4.69) is 4.99 Å². The van der Waals surface area contributed by atoms with Gasteiger partial charge < -0.3 is 10.5 Å². The number of ketones is 1. The molecule has 0 saturated carbocycles. The molecule has 0 amide bonds. The van der Waals surface area contributed by atoms with Crippen molar-refractivity contribution in [3.8, 4) is 0 Å². The van der Waals surface area contributed by atoms with Crippen molar-refractivity contribution >= 4 is 11.5 Å². The normalized spacial score (nSPS) is 23.4. The van der Waals surface area contributed by atoms with Crippen LogP contribution in [0.3, 0.4) is 0 Å². The van der Waals surface area contributed by atoms with Gasteiger partial charge in [-0.3, -0.25) is 19.9 Å². The van der Waals surface area contributed by atoms with Crippen LogP contribution >= 0.6 is 0 Å². The summed E-state index contributed by atoms with van der Waals surface area (Å²) in [5.41, 5.74) is 5.29. The van der Waals surface area contributed by atoms with Crippen LogP contribution in [0.15, 0.2) is 16.9 Å². The van der Waals surface area contributed by atoms with Crippen LogP contribution in [0.2, 0.25) is 0 Å². The first kappa shape index (κ1) is 13.3. The van der Waals surface area contributed by atoms with Crippen LogP contribution in [0.1, 0.15) is 12.8 Å². The topological polar surface area (TPSA) is 108 Å². The molecule has 1 fully saturated rings. The van der Waals surface area contributed by atoms with E-state index in [4.69, 9.17) is 10.5 Å². The van der Waals surface area contributed by atoms with Gasteiger partial charge in [-0.2, -0.15) is 0 Å². The third-order valence-corrected chi connectivity index (χ3v) is 2.60. The average molecular weight is 241 g/mol. The molecule has 7 heteroatoms. The van der Waals surface area contributed by atoms with E-state index in [0.717, 1.165) is 6.20 Å². The van der Waals surface area contributed by atoms with E-state index in [0.29, 0.717) is 12.8 Å². The first-order valence-corrected chi connectivity index (χ1v) is 5.23. The van der Waals surface area contributed by atoms with Crippen LogP contribution in [0, 0.1) is 16.0 Å². The van der Waals surface area contributed by atoms with Crippen LogP contribution in [-0.2, 0) is 9.53 Å². The number of nitrogens with zero attached hydrogens (tertiary/aromatic N) is 2. The summed E-state index contributed by atoms with van der Waals surface area (Å²) in [6, 6.07) is 0. The third-order valence-electron chi connectivity index (χ3n) is 2.60. The molecule has 1 saturated heterocycles. The average Bonchev–Trinajstić information content (AvgIpc) is 2.50. The van der Waals surface area contributed by atoms with Gasteiger partial charge in [0.2, 0.25) is 0 Å². The van der Waals surface area contributed by atoms with Crippen molar-refractivity contribution in [2.45, 2.75) is 12.8 Å². The minimum Gasteiger partial charge on any atom is -0.399 e. The molecule has 1 unspecified atom stereocenters. The Kier molecular flexibility index (Phi) is 4.77. The fourth-order valence-electron chi connectivity index (χ4n) is 1.77. The van der Waals surface area contributed by atoms with Crippen molar-refractivity contribution in [1.82, 2.24) is 0 Å². The van der Waals surface area contributed by atoms with Gasteiger partial charge in [-0.1, -0.05) is 0 Å². The lowest BCUT2D eigenvalue weighted by Crippen LogP contribution is -2.25. The Morgan fingerprint density at radius 1 is 1.71 bits per heavy atom. The van der Waals surface area contributed by atoms with E-state index in [1.165, 1.54) is 7.05 Å². The molecule has 1 heterocycles. The zero-order chi connectivity index (χ0) is 12.8. The van der Waals surface area contributed by atoms with Crippen molar-refractivity contribution in [2.24, 2.45) is 16.6 Å². The highest BCUT2D eigenvalue weighted by atomic mass is 16.6. The van der Waals surface area contributed by atoms with Crippen molar-refractivity contribution in [3.05, 3.63) is 22.0 Å². The molecule has 0 aromatic rings. The molecule has 0 radical (unpaired) electrons. The molecule has 2 N–H and O–H groups in total. The van der Waals surface area contributed by atoms with Crippen LogP contribution in [-0.4, -0.2) is 36.7 Å². The number of aliphatic imine (C=N–C) groups is 1. The van der Waals surface area contributed by atoms with Crippen molar-refractivity contribution in [3.63, 3.8) is 0 Å². The maximum atomic E-state index is 11.2. The maximum absolute atomic E-state index is 11.2. The summed E-state index contributed by atoms with van der Waals surface area (Å²) >= 11 is 0. The second kappa shape index (κ2) is 6.09. The van der Waals surface area contributed by atoms with Crippen LogP contribution in [0.4, 0.5) is 0 Å². The van der Waals surface area contributed by atoms with Crippen molar-refractivity contribution in [1.29, 1.82) is 0 Å². The predicted octanol–water partition coefficient (Wildman–Crippen LogP) is 0.130. The Morgan fingerprint density at radius 2 is 2.41 bits per heavy atom. The van der Waals surface area contributed by atoms with E-state index >= 15 is 0 Å². The van der Waals surface area contributed by atoms with Crippen LogP contribution < -0.4 is 5.73 Å². The molecule has 1 aliphatic heterocycles. The summed E-state index contributed by atoms with van der Waals surface area (Å²) in [7, 11) is 1.47. The molecule has 1 atom stereocenters. The number of rotatable bonds is 3. The molecule has 0 bridgehead atoms. The summed E-state index contributed by atoms with van der Waals surface area (Å²) in [6.07, 6.45) is 1.77. The fourth-order valence-corrected chi connectivity index (χ4v) is 1.77. The largest absolute Gasteiger partial charge is 0.399 e. The van der Waals surface area contributed by atoms with E-state index < -0.39 is 4.92 Å². The van der Waals surface area contributed by atoms with E-state index in [-0.39, 0.29) is 36.3 Å². The minimum absolute atomic E-state index is 0.00216. The van der Waals surface area contributed by atoms with Gasteiger partial charge in [-0.15, -0.1) is 0 Å². The number of nitrogens with two attached hydrogens (primary N) is 1. The first-order valence-electron chi connectivity index (χ1n) is 5.23. The number of ether oxygens (including phenoxy) is 1. The molecule has 1 aliphatic rings. The summed E-state index contributed by atoms with van der Waals surface area (Å²) in [5.74, 6) is -0.256. The Bertz CT molecular complexity index is 376. The molecule has 0 aliphatic carbocycles. The molecule has 7 nitrogen and oxygen atoms in total. The second-order valence-corrected chi connectivity index (χ2v) is 3.71. The van der Waals surface area contributed by atoms with E-state index in [9.17, 15) is 14.9 Å². The van der Waals surface area contributed by atoms with Gasteiger partial charge in [-0.05, 0) is 6.42 Å². The van der Waals surface area contributed by atoms with Crippen molar-refractivity contribution in [2.75, 3.05) is 20.3 Å². The van der Waals surface area contributed by atoms with E-state index in [1.807, 2.05) is 0 Å². The highest BCUT2D eigenvalue weighted by Crippen LogP contribution is 2.18. The quantitative estimate of drug-likeness (QED) is 0.429. The molecule has 0 aromatic heterocycles. The summed E-state index contributed by atoms with van der Waals surface area (Å²) in [4.78, 5) is 25.3. The third kappa shape index (κ3) is 3.35. The van der Waals surface area contributed by atoms with E-state index in [1.54, 1.807) is 0 Å². The lowest BCUT2D eigenvalue weighted by Gasteiger charge is -2.13. The smallest absolute Gasteiger partial charge is 0.305 e. The Hall–Kier alpha value is -1.76. The van der Waals surface area contributed by atoms with Crippen molar-refractivity contribution < 1.29 is 14.5 Å². The second-order valence-electron chi connectivity index (χ2n) is 3.71. The summed E-state index contributed by atoms with van der Waals surface area (Å²) in [5, 5.41) is 10.8. The zero-order valence-corrected chi connectivity index (χ0v) is 9.59. The monoisotopic (exact) mass is 241 g/mol. The van der Waals surface area contributed by atoms with Gasteiger partial charge in [0.05, 0.1) is 17.7 Å². The SMILES string of the molecule is CN=C(C(=CN)[N+](=O)[O-])C1CCC(=O)COC1. The minimum atomic E-state index is -0.574. The number of allylic oxidation sites excluding steroid dienone is 1. The predicted molar refractivity (Wildman–Crippen MR) is 61.2 cm³/mol. The number of Topliss-reactive ketones (excluding diaryl/α,β-unsaturated/α-hetero) is 1.